The minimum Gasteiger partial charge on any atom is -0.263 e. The van der Waals surface area contributed by atoms with Gasteiger partial charge in [0, 0.05) is 27.5 Å². The van der Waals surface area contributed by atoms with Crippen molar-refractivity contribution in [2.45, 2.75) is 25.3 Å². The lowest BCUT2D eigenvalue weighted by atomic mass is 9.57. The standard InChI is InChI=1S/C22H17NO2/c1-13-11-17-20(12-14(13)2)22(23(24)25)18-9-5-3-7-15(18)21(17)16-8-4-6-10-19(16)22/h3-12,21H,1-2H3. The van der Waals surface area contributed by atoms with E-state index in [1.165, 1.54) is 5.56 Å². The van der Waals surface area contributed by atoms with Crippen molar-refractivity contribution in [3.63, 3.8) is 0 Å². The van der Waals surface area contributed by atoms with Gasteiger partial charge in [-0.1, -0.05) is 54.6 Å². The van der Waals surface area contributed by atoms with Gasteiger partial charge >= 0.3 is 0 Å². The molecule has 0 unspecified atom stereocenters. The fourth-order valence-electron chi connectivity index (χ4n) is 4.78. The van der Waals surface area contributed by atoms with Gasteiger partial charge in [-0.15, -0.1) is 0 Å². The SMILES string of the molecule is Cc1cc2c(cc1C)C1([N+](=O)[O-])c3ccccc3C2c2ccccc21. The number of nitrogens with zero attached hydrogens (tertiary/aromatic N) is 1. The molecule has 6 rings (SSSR count). The van der Waals surface area contributed by atoms with E-state index in [0.717, 1.165) is 38.9 Å². The molecule has 2 bridgehead atoms. The van der Waals surface area contributed by atoms with Crippen molar-refractivity contribution in [3.05, 3.63) is 115 Å². The van der Waals surface area contributed by atoms with Crippen LogP contribution >= 0.6 is 0 Å². The molecule has 122 valence electrons. The molecule has 0 spiro atoms. The van der Waals surface area contributed by atoms with Crippen LogP contribution in [0.5, 0.6) is 0 Å². The van der Waals surface area contributed by atoms with Crippen molar-refractivity contribution in [2.75, 3.05) is 0 Å². The molecule has 0 saturated carbocycles. The smallest absolute Gasteiger partial charge is 0.263 e. The topological polar surface area (TPSA) is 43.1 Å². The zero-order chi connectivity index (χ0) is 17.3. The molecule has 0 fully saturated rings. The van der Waals surface area contributed by atoms with Gasteiger partial charge in [-0.2, -0.15) is 0 Å². The molecule has 0 aliphatic heterocycles. The number of rotatable bonds is 1. The highest BCUT2D eigenvalue weighted by Gasteiger charge is 2.60. The van der Waals surface area contributed by atoms with Gasteiger partial charge in [0.1, 0.15) is 0 Å². The highest BCUT2D eigenvalue weighted by Crippen LogP contribution is 2.59. The molecular formula is C22H17NO2. The van der Waals surface area contributed by atoms with Crippen molar-refractivity contribution < 1.29 is 4.92 Å². The van der Waals surface area contributed by atoms with E-state index in [9.17, 15) is 10.1 Å². The maximum absolute atomic E-state index is 12.6. The average molecular weight is 327 g/mol. The summed E-state index contributed by atoms with van der Waals surface area (Å²) >= 11 is 0. The Kier molecular flexibility index (Phi) is 2.63. The summed E-state index contributed by atoms with van der Waals surface area (Å²) in [5.74, 6) is 0.0727. The molecule has 0 aromatic heterocycles. The number of benzene rings is 3. The Balaban J connectivity index is 2.03. The lowest BCUT2D eigenvalue weighted by molar-refractivity contribution is -0.554. The van der Waals surface area contributed by atoms with Gasteiger partial charge in [0.05, 0.1) is 0 Å². The molecule has 3 nitrogen and oxygen atoms in total. The number of nitro groups is 1. The highest BCUT2D eigenvalue weighted by atomic mass is 16.6. The summed E-state index contributed by atoms with van der Waals surface area (Å²) in [5, 5.41) is 12.6. The summed E-state index contributed by atoms with van der Waals surface area (Å²) in [6, 6.07) is 19.9. The van der Waals surface area contributed by atoms with E-state index in [1.54, 1.807) is 0 Å². The zero-order valence-corrected chi connectivity index (χ0v) is 14.1. The lowest BCUT2D eigenvalue weighted by Crippen LogP contribution is -2.47. The van der Waals surface area contributed by atoms with E-state index in [2.05, 4.69) is 13.0 Å². The van der Waals surface area contributed by atoms with Crippen LogP contribution in [-0.4, -0.2) is 4.92 Å². The third-order valence-electron chi connectivity index (χ3n) is 5.96. The van der Waals surface area contributed by atoms with Crippen LogP contribution < -0.4 is 0 Å². The van der Waals surface area contributed by atoms with Crippen molar-refractivity contribution >= 4 is 0 Å². The number of hydrogen-bond donors (Lipinski definition) is 0. The Morgan fingerprint density at radius 2 is 1.32 bits per heavy atom. The Hall–Kier alpha value is -2.94. The normalized spacial score (nSPS) is 22.1. The Labute approximate surface area is 146 Å². The van der Waals surface area contributed by atoms with Gasteiger partial charge in [-0.25, -0.2) is 0 Å². The summed E-state index contributed by atoms with van der Waals surface area (Å²) in [4.78, 5) is 12.5. The lowest BCUT2D eigenvalue weighted by Gasteiger charge is -2.44. The second-order valence-electron chi connectivity index (χ2n) is 7.10. The minimum absolute atomic E-state index is 0.0727. The van der Waals surface area contributed by atoms with E-state index in [0.29, 0.717) is 0 Å². The summed E-state index contributed by atoms with van der Waals surface area (Å²) in [5.41, 5.74) is 6.65. The van der Waals surface area contributed by atoms with Crippen LogP contribution in [0.4, 0.5) is 0 Å². The Morgan fingerprint density at radius 3 is 1.88 bits per heavy atom. The molecule has 0 saturated heterocycles. The van der Waals surface area contributed by atoms with Crippen molar-refractivity contribution in [3.8, 4) is 0 Å². The molecule has 3 aromatic rings. The van der Waals surface area contributed by atoms with Crippen LogP contribution in [0.2, 0.25) is 0 Å². The van der Waals surface area contributed by atoms with Gasteiger partial charge in [0.25, 0.3) is 5.54 Å². The first-order chi connectivity index (χ1) is 12.1. The Bertz CT molecular complexity index is 1020. The molecule has 3 heteroatoms. The molecule has 0 amide bonds. The number of aryl methyl sites for hydroxylation is 2. The van der Waals surface area contributed by atoms with Gasteiger partial charge < -0.3 is 0 Å². The summed E-state index contributed by atoms with van der Waals surface area (Å²) in [6.45, 7) is 4.11. The van der Waals surface area contributed by atoms with E-state index in [1.807, 2.05) is 61.5 Å². The third-order valence-corrected chi connectivity index (χ3v) is 5.96. The van der Waals surface area contributed by atoms with E-state index in [-0.39, 0.29) is 10.8 Å². The van der Waals surface area contributed by atoms with Crippen LogP contribution in [0.3, 0.4) is 0 Å². The summed E-state index contributed by atoms with van der Waals surface area (Å²) in [6.07, 6.45) is 0. The molecular weight excluding hydrogens is 310 g/mol. The summed E-state index contributed by atoms with van der Waals surface area (Å²) < 4.78 is 0. The molecule has 25 heavy (non-hydrogen) atoms. The average Bonchev–Trinajstić information content (AvgIpc) is 2.62. The highest BCUT2D eigenvalue weighted by molar-refractivity contribution is 5.70. The first kappa shape index (κ1) is 14.4. The van der Waals surface area contributed by atoms with E-state index in [4.69, 9.17) is 0 Å². The van der Waals surface area contributed by atoms with Crippen LogP contribution in [-0.2, 0) is 5.54 Å². The first-order valence-electron chi connectivity index (χ1n) is 8.51. The second kappa shape index (κ2) is 4.57. The maximum atomic E-state index is 12.6. The largest absolute Gasteiger partial charge is 0.298 e. The fraction of sp³-hybridized carbons (Fsp3) is 0.182. The molecule has 3 aliphatic carbocycles. The first-order valence-corrected chi connectivity index (χ1v) is 8.51. The van der Waals surface area contributed by atoms with Crippen molar-refractivity contribution in [1.82, 2.24) is 0 Å². The van der Waals surface area contributed by atoms with Crippen LogP contribution in [0, 0.1) is 24.0 Å². The molecule has 3 aromatic carbocycles. The maximum Gasteiger partial charge on any atom is 0.298 e. The van der Waals surface area contributed by atoms with Crippen LogP contribution in [0.15, 0.2) is 60.7 Å². The van der Waals surface area contributed by atoms with Crippen molar-refractivity contribution in [2.24, 2.45) is 0 Å². The summed E-state index contributed by atoms with van der Waals surface area (Å²) in [7, 11) is 0. The predicted octanol–water partition coefficient (Wildman–Crippen LogP) is 4.68. The fourth-order valence-corrected chi connectivity index (χ4v) is 4.78. The Morgan fingerprint density at radius 1 is 0.800 bits per heavy atom. The second-order valence-corrected chi connectivity index (χ2v) is 7.10. The van der Waals surface area contributed by atoms with E-state index >= 15 is 0 Å². The van der Waals surface area contributed by atoms with Gasteiger partial charge in [-0.05, 0) is 47.7 Å². The van der Waals surface area contributed by atoms with E-state index < -0.39 is 5.54 Å². The molecule has 0 atom stereocenters. The molecule has 0 heterocycles. The minimum atomic E-state index is -1.31. The van der Waals surface area contributed by atoms with Gasteiger partial charge in [0.15, 0.2) is 0 Å². The van der Waals surface area contributed by atoms with Gasteiger partial charge in [0.2, 0.25) is 0 Å². The molecule has 0 radical (unpaired) electrons. The number of hydrogen-bond acceptors (Lipinski definition) is 2. The zero-order valence-electron chi connectivity index (χ0n) is 14.1. The van der Waals surface area contributed by atoms with Gasteiger partial charge in [-0.3, -0.25) is 10.1 Å². The van der Waals surface area contributed by atoms with Crippen LogP contribution in [0.25, 0.3) is 0 Å². The van der Waals surface area contributed by atoms with Crippen molar-refractivity contribution in [1.29, 1.82) is 0 Å². The molecule has 0 N–H and O–H groups in total. The quantitative estimate of drug-likeness (QED) is 0.481. The monoisotopic (exact) mass is 327 g/mol. The van der Waals surface area contributed by atoms with Crippen LogP contribution in [0.1, 0.15) is 50.4 Å². The molecule has 3 aliphatic rings. The predicted molar refractivity (Wildman–Crippen MR) is 96.6 cm³/mol. The third kappa shape index (κ3) is 1.52.